The number of carbonyl (C=O) groups is 1. The summed E-state index contributed by atoms with van der Waals surface area (Å²) >= 11 is 0. The number of carbonyl (C=O) groups excluding carboxylic acids is 1. The Morgan fingerprint density at radius 3 is 2.61 bits per heavy atom. The van der Waals surface area contributed by atoms with Crippen LogP contribution >= 0.6 is 0 Å². The number of nitrogens with one attached hydrogen (secondary N) is 1. The van der Waals surface area contributed by atoms with E-state index >= 15 is 0 Å². The highest BCUT2D eigenvalue weighted by atomic mass is 32.2. The minimum absolute atomic E-state index is 0.000746. The highest BCUT2D eigenvalue weighted by Gasteiger charge is 2.28. The molecule has 0 bridgehead atoms. The smallest absolute Gasteiger partial charge is 0.244 e. The first-order chi connectivity index (χ1) is 10.7. The van der Waals surface area contributed by atoms with Crippen molar-refractivity contribution in [2.45, 2.75) is 33.2 Å². The van der Waals surface area contributed by atoms with Crippen molar-refractivity contribution in [3.8, 4) is 0 Å². The Labute approximate surface area is 136 Å². The molecule has 4 nitrogen and oxygen atoms in total. The third kappa shape index (κ3) is 4.64. The van der Waals surface area contributed by atoms with Gasteiger partial charge in [-0.15, -0.1) is 0 Å². The highest BCUT2D eigenvalue weighted by Crippen LogP contribution is 2.25. The second-order valence-corrected chi connectivity index (χ2v) is 8.56. The first-order valence-corrected chi connectivity index (χ1v) is 9.49. The van der Waals surface area contributed by atoms with Gasteiger partial charge in [-0.25, -0.2) is 12.8 Å². The number of rotatable bonds is 4. The zero-order chi connectivity index (χ0) is 17.2. The van der Waals surface area contributed by atoms with Crippen LogP contribution in [0.5, 0.6) is 0 Å². The fraction of sp³-hybridized carbons (Fsp3) is 0.471. The number of sulfone groups is 1. The molecular formula is C17H22FNO3S. The summed E-state index contributed by atoms with van der Waals surface area (Å²) in [5.74, 6) is -0.386. The molecule has 0 radical (unpaired) electrons. The third-order valence-electron chi connectivity index (χ3n) is 3.98. The van der Waals surface area contributed by atoms with E-state index in [9.17, 15) is 17.6 Å². The molecule has 1 aromatic rings. The molecule has 1 aliphatic heterocycles. The van der Waals surface area contributed by atoms with Gasteiger partial charge in [0.2, 0.25) is 5.91 Å². The molecule has 1 heterocycles. The zero-order valence-electron chi connectivity index (χ0n) is 13.6. The van der Waals surface area contributed by atoms with Crippen molar-refractivity contribution in [2.24, 2.45) is 5.92 Å². The molecule has 0 aliphatic carbocycles. The van der Waals surface area contributed by atoms with E-state index in [4.69, 9.17) is 0 Å². The van der Waals surface area contributed by atoms with Gasteiger partial charge in [0.25, 0.3) is 0 Å². The van der Waals surface area contributed by atoms with Gasteiger partial charge in [-0.2, -0.15) is 0 Å². The van der Waals surface area contributed by atoms with Crippen LogP contribution in [0.4, 0.5) is 4.39 Å². The largest absolute Gasteiger partial charge is 0.349 e. The molecule has 1 atom stereocenters. The maximum atomic E-state index is 13.4. The SMILES string of the molecule is Cc1cc(/C(=C/C(=O)NC2CCS(=O)(=O)C2)C(C)C)ccc1F. The van der Waals surface area contributed by atoms with Gasteiger partial charge in [-0.3, -0.25) is 4.79 Å². The van der Waals surface area contributed by atoms with Crippen molar-refractivity contribution in [3.63, 3.8) is 0 Å². The first-order valence-electron chi connectivity index (χ1n) is 7.67. The lowest BCUT2D eigenvalue weighted by atomic mass is 9.93. The minimum Gasteiger partial charge on any atom is -0.349 e. The average molecular weight is 339 g/mol. The molecule has 2 rings (SSSR count). The van der Waals surface area contributed by atoms with Gasteiger partial charge in [0, 0.05) is 12.1 Å². The molecule has 23 heavy (non-hydrogen) atoms. The number of hydrogen-bond donors (Lipinski definition) is 1. The Morgan fingerprint density at radius 2 is 2.09 bits per heavy atom. The van der Waals surface area contributed by atoms with E-state index < -0.39 is 9.84 Å². The summed E-state index contributed by atoms with van der Waals surface area (Å²) in [6.45, 7) is 5.59. The van der Waals surface area contributed by atoms with E-state index in [1.54, 1.807) is 19.1 Å². The molecule has 0 spiro atoms. The second-order valence-electron chi connectivity index (χ2n) is 6.33. The number of aryl methyl sites for hydroxylation is 1. The second kappa shape index (κ2) is 6.83. The monoisotopic (exact) mass is 339 g/mol. The van der Waals surface area contributed by atoms with E-state index in [-0.39, 0.29) is 35.2 Å². The van der Waals surface area contributed by atoms with Gasteiger partial charge >= 0.3 is 0 Å². The Bertz CT molecular complexity index is 738. The van der Waals surface area contributed by atoms with Gasteiger partial charge in [0.15, 0.2) is 9.84 Å². The summed E-state index contributed by atoms with van der Waals surface area (Å²) in [5, 5.41) is 2.75. The van der Waals surface area contributed by atoms with Crippen LogP contribution in [-0.4, -0.2) is 31.9 Å². The van der Waals surface area contributed by atoms with Crippen molar-refractivity contribution in [3.05, 3.63) is 41.2 Å². The fourth-order valence-electron chi connectivity index (χ4n) is 2.70. The number of halogens is 1. The number of benzene rings is 1. The Kier molecular flexibility index (Phi) is 5.24. The maximum absolute atomic E-state index is 13.4. The van der Waals surface area contributed by atoms with E-state index in [2.05, 4.69) is 5.32 Å². The zero-order valence-corrected chi connectivity index (χ0v) is 14.4. The molecule has 1 N–H and O–H groups in total. The van der Waals surface area contributed by atoms with Crippen LogP contribution in [0.3, 0.4) is 0 Å². The highest BCUT2D eigenvalue weighted by molar-refractivity contribution is 7.91. The summed E-state index contributed by atoms with van der Waals surface area (Å²) in [7, 11) is -3.03. The summed E-state index contributed by atoms with van der Waals surface area (Å²) in [5.41, 5.74) is 2.12. The van der Waals surface area contributed by atoms with Gasteiger partial charge in [0.1, 0.15) is 5.82 Å². The van der Waals surface area contributed by atoms with E-state index in [0.29, 0.717) is 12.0 Å². The van der Waals surface area contributed by atoms with Crippen LogP contribution in [0.2, 0.25) is 0 Å². The van der Waals surface area contributed by atoms with Crippen molar-refractivity contribution in [2.75, 3.05) is 11.5 Å². The van der Waals surface area contributed by atoms with Crippen molar-refractivity contribution in [1.82, 2.24) is 5.32 Å². The molecule has 0 saturated carbocycles. The average Bonchev–Trinajstić information content (AvgIpc) is 2.78. The Hall–Kier alpha value is -1.69. The molecule has 0 aromatic heterocycles. The molecule has 1 amide bonds. The number of amides is 1. The summed E-state index contributed by atoms with van der Waals surface area (Å²) in [4.78, 5) is 12.2. The third-order valence-corrected chi connectivity index (χ3v) is 5.75. The number of hydrogen-bond acceptors (Lipinski definition) is 3. The quantitative estimate of drug-likeness (QED) is 0.857. The lowest BCUT2D eigenvalue weighted by molar-refractivity contribution is -0.117. The molecule has 1 aromatic carbocycles. The molecule has 1 unspecified atom stereocenters. The van der Waals surface area contributed by atoms with Crippen LogP contribution in [-0.2, 0) is 14.6 Å². The maximum Gasteiger partial charge on any atom is 0.244 e. The van der Waals surface area contributed by atoms with E-state index in [1.807, 2.05) is 13.8 Å². The van der Waals surface area contributed by atoms with Crippen LogP contribution in [0.25, 0.3) is 5.57 Å². The summed E-state index contributed by atoms with van der Waals surface area (Å²) in [6, 6.07) is 4.44. The van der Waals surface area contributed by atoms with E-state index in [0.717, 1.165) is 11.1 Å². The number of allylic oxidation sites excluding steroid dienone is 1. The van der Waals surface area contributed by atoms with Gasteiger partial charge in [-0.05, 0) is 48.1 Å². The van der Waals surface area contributed by atoms with Gasteiger partial charge < -0.3 is 5.32 Å². The van der Waals surface area contributed by atoms with Crippen LogP contribution < -0.4 is 5.32 Å². The van der Waals surface area contributed by atoms with Crippen molar-refractivity contribution in [1.29, 1.82) is 0 Å². The predicted molar refractivity (Wildman–Crippen MR) is 89.2 cm³/mol. The normalized spacial score (nSPS) is 20.7. The standard InChI is InChI=1S/C17H22FNO3S/c1-11(2)15(13-4-5-16(18)12(3)8-13)9-17(20)19-14-6-7-23(21,22)10-14/h4-5,8-9,11,14H,6-7,10H2,1-3H3,(H,19,20)/b15-9+. The van der Waals surface area contributed by atoms with Crippen molar-refractivity contribution >= 4 is 21.3 Å². The van der Waals surface area contributed by atoms with Gasteiger partial charge in [-0.1, -0.05) is 19.9 Å². The minimum atomic E-state index is -3.03. The molecule has 1 fully saturated rings. The first kappa shape index (κ1) is 17.7. The lowest BCUT2D eigenvalue weighted by Crippen LogP contribution is -2.34. The molecule has 126 valence electrons. The summed E-state index contributed by atoms with van der Waals surface area (Å²) in [6.07, 6.45) is 1.94. The molecular weight excluding hydrogens is 317 g/mol. The molecule has 1 saturated heterocycles. The fourth-order valence-corrected chi connectivity index (χ4v) is 4.37. The van der Waals surface area contributed by atoms with Crippen LogP contribution in [0.1, 0.15) is 31.4 Å². The van der Waals surface area contributed by atoms with Crippen molar-refractivity contribution < 1.29 is 17.6 Å². The molecule has 1 aliphatic rings. The van der Waals surface area contributed by atoms with Gasteiger partial charge in [0.05, 0.1) is 11.5 Å². The van der Waals surface area contributed by atoms with E-state index in [1.165, 1.54) is 12.1 Å². The topological polar surface area (TPSA) is 63.2 Å². The summed E-state index contributed by atoms with van der Waals surface area (Å²) < 4.78 is 36.3. The van der Waals surface area contributed by atoms with Crippen LogP contribution in [0, 0.1) is 18.7 Å². The Morgan fingerprint density at radius 1 is 1.39 bits per heavy atom. The predicted octanol–water partition coefficient (Wildman–Crippen LogP) is 2.48. The lowest BCUT2D eigenvalue weighted by Gasteiger charge is -2.14. The Balaban J connectivity index is 2.18. The molecule has 6 heteroatoms. The van der Waals surface area contributed by atoms with Crippen LogP contribution in [0.15, 0.2) is 24.3 Å².